The van der Waals surface area contributed by atoms with Crippen LogP contribution >= 0.6 is 22.7 Å². The maximum absolute atomic E-state index is 4.95. The van der Waals surface area contributed by atoms with E-state index >= 15 is 0 Å². The Bertz CT molecular complexity index is 3160. The van der Waals surface area contributed by atoms with Gasteiger partial charge in [0.2, 0.25) is 0 Å². The third-order valence-electron chi connectivity index (χ3n) is 12.2. The number of para-hydroxylation sites is 2. The first-order chi connectivity index (χ1) is 30.2. The van der Waals surface area contributed by atoms with Gasteiger partial charge in [-0.2, -0.15) is 0 Å². The Morgan fingerprint density at radius 3 is 1.23 bits per heavy atom. The highest BCUT2D eigenvalue weighted by Crippen LogP contribution is 2.56. The molecule has 0 bridgehead atoms. The van der Waals surface area contributed by atoms with Gasteiger partial charge in [-0.1, -0.05) is 170 Å². The molecule has 2 aromatic heterocycles. The van der Waals surface area contributed by atoms with E-state index in [1.807, 2.05) is 0 Å². The molecule has 0 radical (unpaired) electrons. The number of benzene rings is 9. The molecule has 0 saturated carbocycles. The van der Waals surface area contributed by atoms with Crippen molar-refractivity contribution in [2.75, 3.05) is 0 Å². The van der Waals surface area contributed by atoms with Crippen molar-refractivity contribution in [1.82, 2.24) is 9.97 Å². The molecule has 12 rings (SSSR count). The Morgan fingerprint density at radius 2 is 0.705 bits per heavy atom. The van der Waals surface area contributed by atoms with Crippen molar-refractivity contribution in [2.45, 2.75) is 5.41 Å². The maximum Gasteiger partial charge on any atom is 0.124 e. The van der Waals surface area contributed by atoms with E-state index in [-0.39, 0.29) is 0 Å². The quantitative estimate of drug-likeness (QED) is 0.160. The van der Waals surface area contributed by atoms with E-state index in [1.165, 1.54) is 65.0 Å². The van der Waals surface area contributed by atoms with Gasteiger partial charge < -0.3 is 0 Å². The summed E-state index contributed by atoms with van der Waals surface area (Å²) in [5, 5.41) is 2.07. The van der Waals surface area contributed by atoms with Crippen LogP contribution in [0, 0.1) is 0 Å². The van der Waals surface area contributed by atoms with E-state index in [9.17, 15) is 0 Å². The van der Waals surface area contributed by atoms with E-state index in [4.69, 9.17) is 9.97 Å². The summed E-state index contributed by atoms with van der Waals surface area (Å²) in [6.45, 7) is 0. The molecule has 1 aliphatic carbocycles. The summed E-state index contributed by atoms with van der Waals surface area (Å²) in [5.74, 6) is 0. The normalized spacial score (nSPS) is 12.7. The first-order valence-electron chi connectivity index (χ1n) is 20.6. The second-order valence-corrected chi connectivity index (χ2v) is 17.8. The first kappa shape index (κ1) is 35.7. The minimum Gasteiger partial charge on any atom is -0.236 e. The molecule has 0 aliphatic heterocycles. The zero-order valence-electron chi connectivity index (χ0n) is 33.0. The molecule has 2 nitrogen and oxygen atoms in total. The number of hydrogen-bond donors (Lipinski definition) is 0. The third-order valence-corrected chi connectivity index (χ3v) is 14.4. The lowest BCUT2D eigenvalue weighted by Gasteiger charge is -2.34. The minimum absolute atomic E-state index is 0.474. The predicted molar refractivity (Wildman–Crippen MR) is 257 cm³/mol. The molecule has 2 heterocycles. The Kier molecular flexibility index (Phi) is 8.48. The molecule has 61 heavy (non-hydrogen) atoms. The second-order valence-electron chi connectivity index (χ2n) is 15.7. The molecule has 0 saturated heterocycles. The van der Waals surface area contributed by atoms with Gasteiger partial charge in [-0.3, -0.25) is 0 Å². The lowest BCUT2D eigenvalue weighted by molar-refractivity contribution is 0.769. The van der Waals surface area contributed by atoms with Crippen molar-refractivity contribution < 1.29 is 0 Å². The summed E-state index contributed by atoms with van der Waals surface area (Å²) in [7, 11) is 0. The van der Waals surface area contributed by atoms with Gasteiger partial charge in [0.05, 0.1) is 25.8 Å². The van der Waals surface area contributed by atoms with Crippen LogP contribution in [0.4, 0.5) is 0 Å². The average Bonchev–Trinajstić information content (AvgIpc) is 4.05. The molecule has 0 unspecified atom stereocenters. The highest BCUT2D eigenvalue weighted by atomic mass is 32.1. The average molecular weight is 813 g/mol. The van der Waals surface area contributed by atoms with Gasteiger partial charge in [-0.15, -0.1) is 22.7 Å². The van der Waals surface area contributed by atoms with E-state index in [0.29, 0.717) is 0 Å². The van der Waals surface area contributed by atoms with Crippen LogP contribution < -0.4 is 0 Å². The fraction of sp³-hybridized carbons (Fsp3) is 0.0175. The zero-order valence-corrected chi connectivity index (χ0v) is 34.6. The standard InChI is InChI=1S/C57H36N2S2/c1-3-13-45(14-4-1)57(46-15-5-2-6-16-46)49-18-8-7-17-47(49)48-32-31-41(36-50(48)57)44-34-42(37-23-27-39(28-24-37)55-58-51-19-9-11-21-53(51)60-55)33-43(35-44)38-25-29-40(30-26-38)56-59-52-20-10-12-22-54(52)61-56/h1-36H. The summed E-state index contributed by atoms with van der Waals surface area (Å²) in [4.78, 5) is 9.90. The van der Waals surface area contributed by atoms with Crippen molar-refractivity contribution in [1.29, 1.82) is 0 Å². The van der Waals surface area contributed by atoms with Crippen LogP contribution in [0.1, 0.15) is 22.3 Å². The van der Waals surface area contributed by atoms with Gasteiger partial charge in [-0.05, 0) is 115 Å². The minimum atomic E-state index is -0.474. The summed E-state index contributed by atoms with van der Waals surface area (Å²) < 4.78 is 2.41. The molecule has 9 aromatic carbocycles. The number of fused-ring (bicyclic) bond motifs is 5. The van der Waals surface area contributed by atoms with E-state index in [0.717, 1.165) is 43.3 Å². The number of nitrogens with zero attached hydrogens (tertiary/aromatic N) is 2. The van der Waals surface area contributed by atoms with Gasteiger partial charge >= 0.3 is 0 Å². The van der Waals surface area contributed by atoms with Crippen molar-refractivity contribution in [3.8, 4) is 65.6 Å². The van der Waals surface area contributed by atoms with Crippen LogP contribution in [0.25, 0.3) is 86.1 Å². The Hall–Kier alpha value is -7.24. The summed E-state index contributed by atoms with van der Waals surface area (Å²) in [6.07, 6.45) is 0. The molecule has 0 atom stereocenters. The number of rotatable bonds is 7. The highest BCUT2D eigenvalue weighted by molar-refractivity contribution is 7.22. The zero-order chi connectivity index (χ0) is 40.3. The molecule has 0 amide bonds. The van der Waals surface area contributed by atoms with Gasteiger partial charge in [0.1, 0.15) is 10.0 Å². The highest BCUT2D eigenvalue weighted by Gasteiger charge is 2.46. The van der Waals surface area contributed by atoms with E-state index in [2.05, 4.69) is 218 Å². The van der Waals surface area contributed by atoms with Crippen molar-refractivity contribution in [3.05, 3.63) is 241 Å². The molecule has 0 N–H and O–H groups in total. The van der Waals surface area contributed by atoms with Crippen molar-refractivity contribution >= 4 is 43.1 Å². The van der Waals surface area contributed by atoms with Crippen LogP contribution in [0.3, 0.4) is 0 Å². The summed E-state index contributed by atoms with van der Waals surface area (Å²) >= 11 is 3.48. The molecular weight excluding hydrogens is 777 g/mol. The molecule has 11 aromatic rings. The van der Waals surface area contributed by atoms with Crippen LogP contribution in [0.15, 0.2) is 218 Å². The van der Waals surface area contributed by atoms with Crippen LogP contribution in [0.2, 0.25) is 0 Å². The fourth-order valence-electron chi connectivity index (χ4n) is 9.35. The Balaban J connectivity index is 1.02. The number of thiazole rings is 2. The monoisotopic (exact) mass is 812 g/mol. The van der Waals surface area contributed by atoms with Crippen molar-refractivity contribution in [2.24, 2.45) is 0 Å². The third kappa shape index (κ3) is 5.98. The fourth-order valence-corrected chi connectivity index (χ4v) is 11.3. The van der Waals surface area contributed by atoms with Crippen molar-refractivity contribution in [3.63, 3.8) is 0 Å². The molecule has 0 spiro atoms. The van der Waals surface area contributed by atoms with Gasteiger partial charge in [0, 0.05) is 11.1 Å². The SMILES string of the molecule is c1ccc(C2(c3ccccc3)c3ccccc3-c3ccc(-c4cc(-c5ccc(-c6nc7ccccc7s6)cc5)cc(-c5ccc(-c6nc7ccccc7s6)cc5)c4)cc32)cc1. The molecule has 286 valence electrons. The van der Waals surface area contributed by atoms with Gasteiger partial charge in [-0.25, -0.2) is 9.97 Å². The predicted octanol–water partition coefficient (Wildman–Crippen LogP) is 15.6. The number of hydrogen-bond acceptors (Lipinski definition) is 4. The Labute approximate surface area is 362 Å². The van der Waals surface area contributed by atoms with E-state index < -0.39 is 5.41 Å². The largest absolute Gasteiger partial charge is 0.236 e. The lowest BCUT2D eigenvalue weighted by Crippen LogP contribution is -2.28. The smallest absolute Gasteiger partial charge is 0.124 e. The molecule has 1 aliphatic rings. The maximum atomic E-state index is 4.95. The summed E-state index contributed by atoms with van der Waals surface area (Å²) in [5.41, 5.74) is 18.6. The van der Waals surface area contributed by atoms with Gasteiger partial charge in [0.25, 0.3) is 0 Å². The summed E-state index contributed by atoms with van der Waals surface area (Å²) in [6, 6.07) is 79.8. The Morgan fingerprint density at radius 1 is 0.295 bits per heavy atom. The topological polar surface area (TPSA) is 25.8 Å². The second kappa shape index (κ2) is 14.5. The number of aromatic nitrogens is 2. The van der Waals surface area contributed by atoms with Gasteiger partial charge in [0.15, 0.2) is 0 Å². The van der Waals surface area contributed by atoms with E-state index in [1.54, 1.807) is 22.7 Å². The first-order valence-corrected chi connectivity index (χ1v) is 22.3. The van der Waals surface area contributed by atoms with Crippen LogP contribution in [0.5, 0.6) is 0 Å². The molecular formula is C57H36N2S2. The van der Waals surface area contributed by atoms with Crippen LogP contribution in [-0.4, -0.2) is 9.97 Å². The van der Waals surface area contributed by atoms with Crippen LogP contribution in [-0.2, 0) is 5.41 Å². The lowest BCUT2D eigenvalue weighted by atomic mass is 9.67. The molecule has 0 fully saturated rings. The molecule has 4 heteroatoms.